The Morgan fingerprint density at radius 2 is 2.12 bits per heavy atom. The van der Waals surface area contributed by atoms with Crippen molar-refractivity contribution in [1.82, 2.24) is 15.2 Å². The molecule has 1 N–H and O–H groups in total. The lowest BCUT2D eigenvalue weighted by atomic mass is 10.1. The zero-order valence-electron chi connectivity index (χ0n) is 18.4. The van der Waals surface area contributed by atoms with E-state index < -0.39 is 6.10 Å². The van der Waals surface area contributed by atoms with Crippen LogP contribution in [0.1, 0.15) is 50.0 Å². The van der Waals surface area contributed by atoms with Crippen LogP contribution in [-0.2, 0) is 16.0 Å². The highest BCUT2D eigenvalue weighted by molar-refractivity contribution is 7.15. The summed E-state index contributed by atoms with van der Waals surface area (Å²) in [5.41, 5.74) is 2.29. The minimum atomic E-state index is -0.675. The number of anilines is 2. The van der Waals surface area contributed by atoms with Crippen LogP contribution >= 0.6 is 22.7 Å². The molecular weight excluding hydrogens is 446 g/mol. The summed E-state index contributed by atoms with van der Waals surface area (Å²) in [6.45, 7) is 7.70. The Hall–Kier alpha value is -2.85. The molecule has 0 saturated carbocycles. The first-order chi connectivity index (χ1) is 15.4. The lowest BCUT2D eigenvalue weighted by Gasteiger charge is -2.32. The Morgan fingerprint density at radius 1 is 1.31 bits per heavy atom. The number of carbonyl (C=O) groups excluding carboxylic acids is 2. The van der Waals surface area contributed by atoms with Gasteiger partial charge in [-0.05, 0) is 38.0 Å². The summed E-state index contributed by atoms with van der Waals surface area (Å²) < 4.78 is 5.78. The smallest absolute Gasteiger partial charge is 0.268 e. The van der Waals surface area contributed by atoms with Gasteiger partial charge in [0.1, 0.15) is 17.3 Å². The molecule has 0 radical (unpaired) electrons. The first-order valence-corrected chi connectivity index (χ1v) is 12.3. The van der Waals surface area contributed by atoms with Crippen molar-refractivity contribution in [3.8, 4) is 17.0 Å². The first kappa shape index (κ1) is 22.3. The maximum absolute atomic E-state index is 12.9. The molecule has 0 fully saturated rings. The quantitative estimate of drug-likeness (QED) is 0.545. The third-order valence-electron chi connectivity index (χ3n) is 4.96. The van der Waals surface area contributed by atoms with Crippen molar-refractivity contribution in [3.63, 3.8) is 0 Å². The highest BCUT2D eigenvalue weighted by atomic mass is 32.1. The third kappa shape index (κ3) is 4.66. The van der Waals surface area contributed by atoms with Crippen LogP contribution < -0.4 is 15.0 Å². The number of amides is 2. The number of ether oxygens (including phenoxy) is 1. The number of thiazole rings is 1. The largest absolute Gasteiger partial charge is 0.479 e. The Bertz CT molecular complexity index is 1140. The van der Waals surface area contributed by atoms with Crippen molar-refractivity contribution in [2.45, 2.75) is 52.6 Å². The topological polar surface area (TPSA) is 97.3 Å². The van der Waals surface area contributed by atoms with Crippen molar-refractivity contribution in [3.05, 3.63) is 33.6 Å². The molecule has 0 spiro atoms. The standard InChI is InChI=1S/C22H25N5O3S2/c1-5-6-19-23-15(11-31-19)14-7-8-17-16(9-14)27(21(29)13(4)30-17)10-18(28)24-22-26-25-20(32-22)12(2)3/h7-9,11-13H,5-6,10H2,1-4H3,(H,24,26,28). The van der Waals surface area contributed by atoms with E-state index in [1.807, 2.05) is 37.4 Å². The van der Waals surface area contributed by atoms with E-state index in [9.17, 15) is 9.59 Å². The van der Waals surface area contributed by atoms with Crippen LogP contribution in [0.25, 0.3) is 11.3 Å². The number of carbonyl (C=O) groups is 2. The summed E-state index contributed by atoms with van der Waals surface area (Å²) in [6, 6.07) is 5.62. The second-order valence-corrected chi connectivity index (χ2v) is 9.84. The van der Waals surface area contributed by atoms with Gasteiger partial charge >= 0.3 is 0 Å². The van der Waals surface area contributed by atoms with Crippen LogP contribution in [-0.4, -0.2) is 39.6 Å². The van der Waals surface area contributed by atoms with E-state index >= 15 is 0 Å². The highest BCUT2D eigenvalue weighted by Gasteiger charge is 2.33. The van der Waals surface area contributed by atoms with Crippen LogP contribution in [0.15, 0.2) is 23.6 Å². The van der Waals surface area contributed by atoms with E-state index in [2.05, 4.69) is 22.4 Å². The van der Waals surface area contributed by atoms with Crippen molar-refractivity contribution in [1.29, 1.82) is 0 Å². The van der Waals surface area contributed by atoms with Gasteiger partial charge in [0, 0.05) is 16.9 Å². The molecule has 32 heavy (non-hydrogen) atoms. The molecule has 0 aliphatic carbocycles. The van der Waals surface area contributed by atoms with Gasteiger partial charge in [-0.3, -0.25) is 19.8 Å². The van der Waals surface area contributed by atoms with E-state index in [1.165, 1.54) is 16.2 Å². The maximum atomic E-state index is 12.9. The maximum Gasteiger partial charge on any atom is 0.268 e. The molecule has 2 amide bonds. The van der Waals surface area contributed by atoms with Gasteiger partial charge in [-0.25, -0.2) is 4.98 Å². The lowest BCUT2D eigenvalue weighted by Crippen LogP contribution is -2.47. The summed E-state index contributed by atoms with van der Waals surface area (Å²) in [5.74, 6) is 0.188. The number of nitrogens with zero attached hydrogens (tertiary/aromatic N) is 4. The van der Waals surface area contributed by atoms with Crippen molar-refractivity contribution < 1.29 is 14.3 Å². The summed E-state index contributed by atoms with van der Waals surface area (Å²) >= 11 is 2.96. The van der Waals surface area contributed by atoms with Gasteiger partial charge in [-0.15, -0.1) is 21.5 Å². The number of hydrogen-bond acceptors (Lipinski definition) is 8. The predicted molar refractivity (Wildman–Crippen MR) is 127 cm³/mol. The number of fused-ring (bicyclic) bond motifs is 1. The van der Waals surface area contributed by atoms with Gasteiger partial charge < -0.3 is 4.74 Å². The third-order valence-corrected chi connectivity index (χ3v) is 7.01. The summed E-state index contributed by atoms with van der Waals surface area (Å²) in [5, 5.41) is 15.2. The molecule has 10 heteroatoms. The van der Waals surface area contributed by atoms with Gasteiger partial charge in [0.2, 0.25) is 11.0 Å². The zero-order chi connectivity index (χ0) is 22.8. The normalized spacial score (nSPS) is 15.6. The number of aryl methyl sites for hydroxylation is 1. The number of hydrogen-bond donors (Lipinski definition) is 1. The van der Waals surface area contributed by atoms with Gasteiger partial charge in [0.15, 0.2) is 6.10 Å². The average molecular weight is 472 g/mol. The molecule has 1 aromatic carbocycles. The highest BCUT2D eigenvalue weighted by Crippen LogP contribution is 2.38. The molecule has 2 aromatic heterocycles. The van der Waals surface area contributed by atoms with Crippen LogP contribution in [0, 0.1) is 0 Å². The molecule has 3 aromatic rings. The summed E-state index contributed by atoms with van der Waals surface area (Å²) in [6.07, 6.45) is 1.30. The fraction of sp³-hybridized carbons (Fsp3) is 0.409. The second kappa shape index (κ2) is 9.33. The van der Waals surface area contributed by atoms with Gasteiger partial charge in [0.25, 0.3) is 5.91 Å². The molecule has 0 saturated heterocycles. The van der Waals surface area contributed by atoms with Crippen molar-refractivity contribution >= 4 is 45.3 Å². The molecule has 1 aliphatic rings. The average Bonchev–Trinajstić information content (AvgIpc) is 3.41. The molecule has 3 heterocycles. The van der Waals surface area contributed by atoms with Gasteiger partial charge in [0.05, 0.1) is 16.4 Å². The predicted octanol–water partition coefficient (Wildman–Crippen LogP) is 4.49. The summed E-state index contributed by atoms with van der Waals surface area (Å²) in [7, 11) is 0. The second-order valence-electron chi connectivity index (χ2n) is 7.89. The number of nitrogens with one attached hydrogen (secondary N) is 1. The van der Waals surface area contributed by atoms with Gasteiger partial charge in [-0.1, -0.05) is 32.1 Å². The monoisotopic (exact) mass is 471 g/mol. The SMILES string of the molecule is CCCc1nc(-c2ccc3c(c2)N(CC(=O)Nc2nnc(C(C)C)s2)C(=O)C(C)O3)cs1. The Morgan fingerprint density at radius 3 is 2.84 bits per heavy atom. The lowest BCUT2D eigenvalue weighted by molar-refractivity contribution is -0.127. The fourth-order valence-electron chi connectivity index (χ4n) is 3.32. The minimum absolute atomic E-state index is 0.141. The molecular formula is C22H25N5O3S2. The summed E-state index contributed by atoms with van der Waals surface area (Å²) in [4.78, 5) is 31.8. The molecule has 0 bridgehead atoms. The minimum Gasteiger partial charge on any atom is -0.479 e. The Labute approximate surface area is 194 Å². The van der Waals surface area contributed by atoms with Crippen LogP contribution in [0.4, 0.5) is 10.8 Å². The van der Waals surface area contributed by atoms with Crippen LogP contribution in [0.2, 0.25) is 0 Å². The van der Waals surface area contributed by atoms with E-state index in [0.717, 1.165) is 34.1 Å². The molecule has 1 unspecified atom stereocenters. The van der Waals surface area contributed by atoms with Crippen LogP contribution in [0.3, 0.4) is 0 Å². The molecule has 4 rings (SSSR count). The number of benzene rings is 1. The zero-order valence-corrected chi connectivity index (χ0v) is 20.0. The van der Waals surface area contributed by atoms with Crippen molar-refractivity contribution in [2.24, 2.45) is 0 Å². The van der Waals surface area contributed by atoms with Crippen molar-refractivity contribution in [2.75, 3.05) is 16.8 Å². The molecule has 168 valence electrons. The number of rotatable bonds is 7. The van der Waals surface area contributed by atoms with E-state index in [1.54, 1.807) is 18.3 Å². The molecule has 1 aliphatic heterocycles. The van der Waals surface area contributed by atoms with E-state index in [0.29, 0.717) is 16.6 Å². The molecule has 8 nitrogen and oxygen atoms in total. The Balaban J connectivity index is 1.57. The van der Waals surface area contributed by atoms with Gasteiger partial charge in [-0.2, -0.15) is 0 Å². The van der Waals surface area contributed by atoms with E-state index in [4.69, 9.17) is 9.72 Å². The first-order valence-electron chi connectivity index (χ1n) is 10.6. The Kier molecular flexibility index (Phi) is 6.52. The molecule has 1 atom stereocenters. The van der Waals surface area contributed by atoms with Crippen LogP contribution in [0.5, 0.6) is 5.75 Å². The number of aromatic nitrogens is 3. The fourth-order valence-corrected chi connectivity index (χ4v) is 4.99. The van der Waals surface area contributed by atoms with E-state index in [-0.39, 0.29) is 24.3 Å².